The molecule has 0 saturated carbocycles. The Hall–Kier alpha value is -3.36. The molecule has 2 aromatic heterocycles. The third-order valence-electron chi connectivity index (χ3n) is 9.30. The van der Waals surface area contributed by atoms with Crippen LogP contribution in [0.4, 0.5) is 0 Å². The molecule has 2 heterocycles. The van der Waals surface area contributed by atoms with Crippen molar-refractivity contribution in [3.63, 3.8) is 0 Å². The molecule has 2 heteroatoms. The van der Waals surface area contributed by atoms with E-state index in [0.717, 1.165) is 11.2 Å². The fraction of sp³-hybridized carbons (Fsp3) is 0.381. The number of aryl methyl sites for hydroxylation is 2. The van der Waals surface area contributed by atoms with E-state index in [0.29, 0.717) is 0 Å². The van der Waals surface area contributed by atoms with E-state index in [4.69, 9.17) is 4.42 Å². The van der Waals surface area contributed by atoms with Gasteiger partial charge in [-0.25, -0.2) is 0 Å². The van der Waals surface area contributed by atoms with Crippen molar-refractivity contribution in [3.05, 3.63) is 96.1 Å². The van der Waals surface area contributed by atoms with Gasteiger partial charge in [-0.3, -0.25) is 0 Å². The molecule has 0 N–H and O–H groups in total. The minimum absolute atomic E-state index is 0.979. The van der Waals surface area contributed by atoms with E-state index < -0.39 is 0 Å². The highest BCUT2D eigenvalue weighted by atomic mass is 32.1. The predicted octanol–water partition coefficient (Wildman–Crippen LogP) is 13.9. The van der Waals surface area contributed by atoms with Crippen LogP contribution in [0.5, 0.6) is 0 Å². The maximum Gasteiger partial charge on any atom is 0.154 e. The Morgan fingerprint density at radius 1 is 0.477 bits per heavy atom. The van der Waals surface area contributed by atoms with Crippen molar-refractivity contribution in [2.24, 2.45) is 0 Å². The van der Waals surface area contributed by atoms with E-state index in [1.165, 1.54) is 143 Å². The van der Waals surface area contributed by atoms with Crippen LogP contribution in [0.25, 0.3) is 53.6 Å². The van der Waals surface area contributed by atoms with Crippen LogP contribution in [-0.4, -0.2) is 0 Å². The maximum absolute atomic E-state index is 6.53. The summed E-state index contributed by atoms with van der Waals surface area (Å²) in [5, 5.41) is 2.43. The number of unbranched alkanes of at least 4 members (excludes halogenated alkanes) is 10. The van der Waals surface area contributed by atoms with Crippen LogP contribution in [0.15, 0.2) is 89.3 Å². The van der Waals surface area contributed by atoms with Gasteiger partial charge in [-0.05, 0) is 83.3 Å². The third kappa shape index (κ3) is 7.29. The lowest BCUT2D eigenvalue weighted by Crippen LogP contribution is -1.87. The van der Waals surface area contributed by atoms with Crippen LogP contribution >= 0.6 is 11.3 Å². The van der Waals surface area contributed by atoms with Crippen molar-refractivity contribution in [3.8, 4) is 22.3 Å². The van der Waals surface area contributed by atoms with Crippen LogP contribution < -0.4 is 0 Å². The topological polar surface area (TPSA) is 13.1 Å². The SMILES string of the molecule is CCCCCCCCc1ccc(-c2ccc3c(c2)oc2c4ccc(-c5ccc(CCCCCCCC)cc5)cc4sc32)cc1. The Morgan fingerprint density at radius 2 is 0.955 bits per heavy atom. The summed E-state index contributed by atoms with van der Waals surface area (Å²) in [6, 6.07) is 32.0. The van der Waals surface area contributed by atoms with Crippen molar-refractivity contribution >= 4 is 42.7 Å². The van der Waals surface area contributed by atoms with Gasteiger partial charge in [-0.1, -0.05) is 139 Å². The van der Waals surface area contributed by atoms with E-state index in [-0.39, 0.29) is 0 Å². The quantitative estimate of drug-likeness (QED) is 0.101. The highest BCUT2D eigenvalue weighted by Gasteiger charge is 2.15. The van der Waals surface area contributed by atoms with E-state index in [2.05, 4.69) is 98.8 Å². The van der Waals surface area contributed by atoms with Crippen molar-refractivity contribution in [2.75, 3.05) is 0 Å². The Morgan fingerprint density at radius 3 is 1.52 bits per heavy atom. The lowest BCUT2D eigenvalue weighted by Gasteiger charge is -2.06. The molecule has 0 aliphatic heterocycles. The van der Waals surface area contributed by atoms with Gasteiger partial charge in [0.15, 0.2) is 5.58 Å². The first-order chi connectivity index (χ1) is 21.7. The van der Waals surface area contributed by atoms with E-state index in [1.54, 1.807) is 0 Å². The summed E-state index contributed by atoms with van der Waals surface area (Å²) >= 11 is 1.85. The minimum atomic E-state index is 0.979. The molecule has 6 aromatic rings. The summed E-state index contributed by atoms with van der Waals surface area (Å²) in [6.45, 7) is 4.56. The van der Waals surface area contributed by atoms with Gasteiger partial charge < -0.3 is 4.42 Å². The first kappa shape index (κ1) is 30.7. The molecular formula is C42H48OS. The molecule has 6 rings (SSSR count). The molecule has 0 fully saturated rings. The summed E-state index contributed by atoms with van der Waals surface area (Å²) in [7, 11) is 0. The molecule has 0 radical (unpaired) electrons. The molecule has 0 unspecified atom stereocenters. The van der Waals surface area contributed by atoms with Gasteiger partial charge >= 0.3 is 0 Å². The monoisotopic (exact) mass is 600 g/mol. The molecule has 0 bridgehead atoms. The lowest BCUT2D eigenvalue weighted by molar-refractivity contribution is 0.607. The van der Waals surface area contributed by atoms with Crippen molar-refractivity contribution in [2.45, 2.75) is 104 Å². The zero-order chi connectivity index (χ0) is 30.1. The molecule has 44 heavy (non-hydrogen) atoms. The minimum Gasteiger partial charge on any atom is -0.454 e. The summed E-state index contributed by atoms with van der Waals surface area (Å²) < 4.78 is 9.07. The smallest absolute Gasteiger partial charge is 0.154 e. The summed E-state index contributed by atoms with van der Waals surface area (Å²) in [5.74, 6) is 0. The molecule has 1 nitrogen and oxygen atoms in total. The van der Waals surface area contributed by atoms with Gasteiger partial charge in [0.2, 0.25) is 0 Å². The van der Waals surface area contributed by atoms with E-state index in [1.807, 2.05) is 11.3 Å². The molecular weight excluding hydrogens is 553 g/mol. The fourth-order valence-corrected chi connectivity index (χ4v) is 7.76. The molecule has 0 aliphatic rings. The molecule has 228 valence electrons. The summed E-state index contributed by atoms with van der Waals surface area (Å²) in [5.41, 5.74) is 9.93. The zero-order valence-electron chi connectivity index (χ0n) is 26.8. The largest absolute Gasteiger partial charge is 0.454 e. The number of hydrogen-bond acceptors (Lipinski definition) is 2. The van der Waals surface area contributed by atoms with Crippen LogP contribution in [0.3, 0.4) is 0 Å². The van der Waals surface area contributed by atoms with Crippen molar-refractivity contribution in [1.29, 1.82) is 0 Å². The molecule has 0 saturated heterocycles. The highest BCUT2D eigenvalue weighted by molar-refractivity contribution is 7.26. The number of fused-ring (bicyclic) bond motifs is 5. The van der Waals surface area contributed by atoms with Gasteiger partial charge in [0.1, 0.15) is 5.58 Å². The van der Waals surface area contributed by atoms with Crippen molar-refractivity contribution < 1.29 is 4.42 Å². The standard InChI is InChI=1S/C42H48OS/c1-3-5-7-9-11-13-15-31-17-21-33(22-18-31)35-25-27-37-39(29-35)43-41-38-28-26-36(30-40(38)44-42(37)41)34-23-19-32(20-24-34)16-14-12-10-8-6-4-2/h17-30H,3-16H2,1-2H3. The second kappa shape index (κ2) is 15.1. The molecule has 0 atom stereocenters. The van der Waals surface area contributed by atoms with Gasteiger partial charge in [0.25, 0.3) is 0 Å². The third-order valence-corrected chi connectivity index (χ3v) is 10.5. The fourth-order valence-electron chi connectivity index (χ4n) is 6.56. The summed E-state index contributed by atoms with van der Waals surface area (Å²) in [4.78, 5) is 0. The molecule has 4 aromatic carbocycles. The van der Waals surface area contributed by atoms with Crippen LogP contribution in [0.2, 0.25) is 0 Å². The second-order valence-electron chi connectivity index (χ2n) is 12.7. The Balaban J connectivity index is 1.12. The average Bonchev–Trinajstić information content (AvgIpc) is 3.60. The second-order valence-corrected chi connectivity index (χ2v) is 13.8. The normalized spacial score (nSPS) is 11.8. The van der Waals surface area contributed by atoms with Crippen LogP contribution in [-0.2, 0) is 12.8 Å². The number of benzene rings is 4. The molecule has 0 amide bonds. The maximum atomic E-state index is 6.53. The van der Waals surface area contributed by atoms with Gasteiger partial charge in [0.05, 0.1) is 4.70 Å². The Labute approximate surface area is 268 Å². The first-order valence-electron chi connectivity index (χ1n) is 17.3. The summed E-state index contributed by atoms with van der Waals surface area (Å²) in [6.07, 6.45) is 18.5. The number of hydrogen-bond donors (Lipinski definition) is 0. The first-order valence-corrected chi connectivity index (χ1v) is 18.1. The predicted molar refractivity (Wildman–Crippen MR) is 194 cm³/mol. The van der Waals surface area contributed by atoms with Crippen LogP contribution in [0.1, 0.15) is 102 Å². The lowest BCUT2D eigenvalue weighted by atomic mass is 10.00. The van der Waals surface area contributed by atoms with E-state index in [9.17, 15) is 0 Å². The van der Waals surface area contributed by atoms with Crippen LogP contribution in [0, 0.1) is 0 Å². The van der Waals surface area contributed by atoms with Crippen molar-refractivity contribution in [1.82, 2.24) is 0 Å². The average molecular weight is 601 g/mol. The zero-order valence-corrected chi connectivity index (χ0v) is 27.6. The molecule has 0 spiro atoms. The number of thiophene rings is 1. The van der Waals surface area contributed by atoms with Gasteiger partial charge in [-0.15, -0.1) is 11.3 Å². The van der Waals surface area contributed by atoms with E-state index >= 15 is 0 Å². The Bertz CT molecular complexity index is 1630. The number of furan rings is 1. The van der Waals surface area contributed by atoms with Gasteiger partial charge in [-0.2, -0.15) is 0 Å². The Kier molecular flexibility index (Phi) is 10.5. The highest BCUT2D eigenvalue weighted by Crippen LogP contribution is 2.43. The molecule has 0 aliphatic carbocycles. The number of rotatable bonds is 16. The van der Waals surface area contributed by atoms with Gasteiger partial charge in [0, 0.05) is 15.5 Å².